The second-order valence-electron chi connectivity index (χ2n) is 4.37. The number of carboxylic acids is 1. The first-order chi connectivity index (χ1) is 9.95. The fraction of sp³-hybridized carbons (Fsp3) is 0.0625. The number of hydrogen-bond acceptors (Lipinski definition) is 2. The zero-order chi connectivity index (χ0) is 15.4. The molecular weight excluding hydrogens is 400 g/mol. The molecule has 5 heteroatoms. The number of rotatable bonds is 4. The summed E-state index contributed by atoms with van der Waals surface area (Å²) in [6, 6.07) is 11.2. The van der Waals surface area contributed by atoms with Gasteiger partial charge in [0.2, 0.25) is 0 Å². The van der Waals surface area contributed by atoms with Gasteiger partial charge in [-0.1, -0.05) is 28.1 Å². The molecule has 108 valence electrons. The molecule has 0 aliphatic rings. The summed E-state index contributed by atoms with van der Waals surface area (Å²) in [4.78, 5) is 10.5. The molecular formula is C16H12Br2O3. The van der Waals surface area contributed by atoms with Crippen molar-refractivity contribution in [3.8, 4) is 11.5 Å². The predicted octanol–water partition coefficient (Wildman–Crippen LogP) is 5.41. The van der Waals surface area contributed by atoms with Crippen LogP contribution in [0.5, 0.6) is 11.5 Å². The third-order valence-electron chi connectivity index (χ3n) is 2.74. The van der Waals surface area contributed by atoms with Crippen LogP contribution in [-0.4, -0.2) is 11.1 Å². The lowest BCUT2D eigenvalue weighted by atomic mass is 10.2. The van der Waals surface area contributed by atoms with Crippen LogP contribution < -0.4 is 4.74 Å². The first kappa shape index (κ1) is 15.8. The van der Waals surface area contributed by atoms with E-state index in [2.05, 4.69) is 31.9 Å². The van der Waals surface area contributed by atoms with Crippen molar-refractivity contribution in [3.63, 3.8) is 0 Å². The summed E-state index contributed by atoms with van der Waals surface area (Å²) in [7, 11) is 0. The van der Waals surface area contributed by atoms with E-state index in [1.54, 1.807) is 12.1 Å². The summed E-state index contributed by atoms with van der Waals surface area (Å²) >= 11 is 6.85. The van der Waals surface area contributed by atoms with Crippen molar-refractivity contribution in [2.45, 2.75) is 6.92 Å². The summed E-state index contributed by atoms with van der Waals surface area (Å²) in [6.45, 7) is 1.97. The molecule has 0 unspecified atom stereocenters. The van der Waals surface area contributed by atoms with Gasteiger partial charge in [0, 0.05) is 10.5 Å². The Hall–Kier alpha value is -1.59. The molecule has 21 heavy (non-hydrogen) atoms. The zero-order valence-electron chi connectivity index (χ0n) is 11.1. The molecule has 2 rings (SSSR count). The van der Waals surface area contributed by atoms with Gasteiger partial charge in [-0.3, -0.25) is 0 Å². The highest BCUT2D eigenvalue weighted by Gasteiger charge is 2.06. The minimum absolute atomic E-state index is 0.670. The van der Waals surface area contributed by atoms with E-state index in [4.69, 9.17) is 9.84 Å². The molecule has 0 atom stereocenters. The summed E-state index contributed by atoms with van der Waals surface area (Å²) in [5.41, 5.74) is 1.81. The molecule has 0 saturated carbocycles. The number of benzene rings is 2. The Bertz CT molecular complexity index is 709. The fourth-order valence-corrected chi connectivity index (χ4v) is 2.49. The first-order valence-corrected chi connectivity index (χ1v) is 7.69. The SMILES string of the molecule is Cc1ccc(Br)cc1Oc1ccc(/C=C/C(=O)O)cc1Br. The molecule has 0 heterocycles. The van der Waals surface area contributed by atoms with E-state index >= 15 is 0 Å². The molecule has 0 saturated heterocycles. The van der Waals surface area contributed by atoms with Gasteiger partial charge < -0.3 is 9.84 Å². The Labute approximate surface area is 139 Å². The minimum atomic E-state index is -0.976. The molecule has 0 spiro atoms. The number of aryl methyl sites for hydroxylation is 1. The average Bonchev–Trinajstić information content (AvgIpc) is 2.43. The van der Waals surface area contributed by atoms with Crippen LogP contribution in [0.4, 0.5) is 0 Å². The van der Waals surface area contributed by atoms with E-state index in [0.29, 0.717) is 5.75 Å². The van der Waals surface area contributed by atoms with Crippen molar-refractivity contribution >= 4 is 43.9 Å². The fourth-order valence-electron chi connectivity index (χ4n) is 1.67. The Balaban J connectivity index is 2.25. The lowest BCUT2D eigenvalue weighted by Crippen LogP contribution is -1.90. The van der Waals surface area contributed by atoms with Crippen LogP contribution in [0.2, 0.25) is 0 Å². The van der Waals surface area contributed by atoms with Crippen LogP contribution in [0.1, 0.15) is 11.1 Å². The highest BCUT2D eigenvalue weighted by molar-refractivity contribution is 9.10. The Morgan fingerprint density at radius 3 is 2.57 bits per heavy atom. The van der Waals surface area contributed by atoms with Crippen molar-refractivity contribution in [2.75, 3.05) is 0 Å². The van der Waals surface area contributed by atoms with E-state index in [-0.39, 0.29) is 0 Å². The molecule has 0 bridgehead atoms. The Morgan fingerprint density at radius 2 is 1.90 bits per heavy atom. The third-order valence-corrected chi connectivity index (χ3v) is 3.86. The molecule has 0 aliphatic heterocycles. The predicted molar refractivity (Wildman–Crippen MR) is 89.8 cm³/mol. The highest BCUT2D eigenvalue weighted by atomic mass is 79.9. The number of halogens is 2. The van der Waals surface area contributed by atoms with Crippen LogP contribution in [-0.2, 0) is 4.79 Å². The van der Waals surface area contributed by atoms with Gasteiger partial charge in [-0.2, -0.15) is 0 Å². The maximum Gasteiger partial charge on any atom is 0.328 e. The van der Waals surface area contributed by atoms with Crippen molar-refractivity contribution in [3.05, 3.63) is 62.5 Å². The minimum Gasteiger partial charge on any atom is -0.478 e. The van der Waals surface area contributed by atoms with Crippen molar-refractivity contribution < 1.29 is 14.6 Å². The number of carbonyl (C=O) groups is 1. The third kappa shape index (κ3) is 4.44. The smallest absolute Gasteiger partial charge is 0.328 e. The van der Waals surface area contributed by atoms with Crippen LogP contribution in [0.15, 0.2) is 51.4 Å². The molecule has 2 aromatic carbocycles. The van der Waals surface area contributed by atoms with Crippen LogP contribution in [0.25, 0.3) is 6.08 Å². The first-order valence-electron chi connectivity index (χ1n) is 6.10. The Morgan fingerprint density at radius 1 is 1.14 bits per heavy atom. The monoisotopic (exact) mass is 410 g/mol. The van der Waals surface area contributed by atoms with Crippen molar-refractivity contribution in [1.29, 1.82) is 0 Å². The van der Waals surface area contributed by atoms with Crippen LogP contribution >= 0.6 is 31.9 Å². The van der Waals surface area contributed by atoms with Gasteiger partial charge in [-0.05, 0) is 64.3 Å². The molecule has 0 fully saturated rings. The van der Waals surface area contributed by atoms with Gasteiger partial charge >= 0.3 is 5.97 Å². The van der Waals surface area contributed by atoms with E-state index in [0.717, 1.165) is 31.9 Å². The standard InChI is InChI=1S/C16H12Br2O3/c1-10-2-5-12(17)9-15(10)21-14-6-3-11(8-13(14)18)4-7-16(19)20/h2-9H,1H3,(H,19,20)/b7-4+. The number of carboxylic acid groups (broad SMARTS) is 1. The van der Waals surface area contributed by atoms with Crippen molar-refractivity contribution in [2.24, 2.45) is 0 Å². The summed E-state index contributed by atoms with van der Waals surface area (Å²) in [6.07, 6.45) is 2.63. The molecule has 1 N–H and O–H groups in total. The molecule has 0 aliphatic carbocycles. The molecule has 0 aromatic heterocycles. The lowest BCUT2D eigenvalue weighted by molar-refractivity contribution is -0.131. The number of ether oxygens (including phenoxy) is 1. The van der Waals surface area contributed by atoms with Gasteiger partial charge in [0.25, 0.3) is 0 Å². The van der Waals surface area contributed by atoms with Crippen LogP contribution in [0.3, 0.4) is 0 Å². The summed E-state index contributed by atoms with van der Waals surface area (Å²) in [5, 5.41) is 8.62. The van der Waals surface area contributed by atoms with E-state index in [1.807, 2.05) is 31.2 Å². The van der Waals surface area contributed by atoms with Gasteiger partial charge in [0.15, 0.2) is 0 Å². The topological polar surface area (TPSA) is 46.5 Å². The number of aliphatic carboxylic acids is 1. The van der Waals surface area contributed by atoms with Gasteiger partial charge in [-0.25, -0.2) is 4.79 Å². The van der Waals surface area contributed by atoms with Gasteiger partial charge in [0.05, 0.1) is 4.47 Å². The lowest BCUT2D eigenvalue weighted by Gasteiger charge is -2.11. The molecule has 0 radical (unpaired) electrons. The second kappa shape index (κ2) is 6.91. The largest absolute Gasteiger partial charge is 0.478 e. The van der Waals surface area contributed by atoms with E-state index in [9.17, 15) is 4.79 Å². The zero-order valence-corrected chi connectivity index (χ0v) is 14.3. The number of hydrogen-bond donors (Lipinski definition) is 1. The van der Waals surface area contributed by atoms with E-state index in [1.165, 1.54) is 6.08 Å². The van der Waals surface area contributed by atoms with Crippen molar-refractivity contribution in [1.82, 2.24) is 0 Å². The normalized spacial score (nSPS) is 10.8. The molecule has 3 nitrogen and oxygen atoms in total. The maximum absolute atomic E-state index is 10.5. The average molecular weight is 412 g/mol. The van der Waals surface area contributed by atoms with Gasteiger partial charge in [0.1, 0.15) is 11.5 Å². The molecule has 2 aromatic rings. The quantitative estimate of drug-likeness (QED) is 0.684. The molecule has 0 amide bonds. The van der Waals surface area contributed by atoms with E-state index < -0.39 is 5.97 Å². The summed E-state index contributed by atoms with van der Waals surface area (Å²) < 4.78 is 7.59. The Kier molecular flexibility index (Phi) is 5.20. The van der Waals surface area contributed by atoms with Crippen LogP contribution in [0, 0.1) is 6.92 Å². The summed E-state index contributed by atoms with van der Waals surface area (Å²) in [5.74, 6) is 0.457. The van der Waals surface area contributed by atoms with Gasteiger partial charge in [-0.15, -0.1) is 0 Å². The highest BCUT2D eigenvalue weighted by Crippen LogP contribution is 2.33. The maximum atomic E-state index is 10.5. The second-order valence-corrected chi connectivity index (χ2v) is 6.14.